The second-order valence-corrected chi connectivity index (χ2v) is 12.6. The van der Waals surface area contributed by atoms with E-state index in [1.807, 2.05) is 36.4 Å². The van der Waals surface area contributed by atoms with E-state index in [2.05, 4.69) is 5.32 Å². The first-order chi connectivity index (χ1) is 27.8. The molecule has 0 aliphatic carbocycles. The Kier molecular flexibility index (Phi) is 18.6. The predicted octanol–water partition coefficient (Wildman–Crippen LogP) is 9.03. The average Bonchev–Trinajstić information content (AvgIpc) is 3.29. The number of nitrogens with one attached hydrogen (secondary N) is 1. The van der Waals surface area contributed by atoms with Crippen molar-refractivity contribution in [3.05, 3.63) is 215 Å². The van der Waals surface area contributed by atoms with Crippen LogP contribution in [-0.2, 0) is 4.74 Å². The summed E-state index contributed by atoms with van der Waals surface area (Å²) in [5.41, 5.74) is 3.48. The van der Waals surface area contributed by atoms with Gasteiger partial charge in [0.15, 0.2) is 34.7 Å². The van der Waals surface area contributed by atoms with Crippen LogP contribution < -0.4 is 5.32 Å². The van der Waals surface area contributed by atoms with Crippen molar-refractivity contribution in [3.63, 3.8) is 0 Å². The van der Waals surface area contributed by atoms with Crippen molar-refractivity contribution in [2.45, 2.75) is 19.3 Å². The summed E-state index contributed by atoms with van der Waals surface area (Å²) < 4.78 is 5.01. The Bertz CT molecular complexity index is 1740. The monoisotopic (exact) mass is 759 g/mol. The first-order valence-corrected chi connectivity index (χ1v) is 18.6. The minimum absolute atomic E-state index is 0.0754. The molecule has 1 fully saturated rings. The SMILES string of the molecule is C1COCCN1.O=C(CC(=O)c1ccccc1)c1ccccc1.O=C(CC(=O)c1ccccc1)c1ccccc1.O=C(CC(=O)c1ccccc1)c1ccccc1. The predicted molar refractivity (Wildman–Crippen MR) is 222 cm³/mol. The zero-order valence-corrected chi connectivity index (χ0v) is 31.6. The summed E-state index contributed by atoms with van der Waals surface area (Å²) in [6.45, 7) is 3.83. The third-order valence-electron chi connectivity index (χ3n) is 8.38. The van der Waals surface area contributed by atoms with Crippen LogP contribution in [0.1, 0.15) is 81.4 Å². The number of Topliss-reactive ketones (excluding diaryl/α,β-unsaturated/α-hetero) is 6. The van der Waals surface area contributed by atoms with Crippen LogP contribution in [0, 0.1) is 0 Å². The highest BCUT2D eigenvalue weighted by molar-refractivity contribution is 6.15. The summed E-state index contributed by atoms with van der Waals surface area (Å²) >= 11 is 0. The fourth-order valence-corrected chi connectivity index (χ4v) is 5.31. The Hall–Kier alpha value is -6.74. The van der Waals surface area contributed by atoms with Gasteiger partial charge in [-0.25, -0.2) is 0 Å². The smallest absolute Gasteiger partial charge is 0.170 e. The Balaban J connectivity index is 0.000000176. The molecule has 1 aliphatic heterocycles. The van der Waals surface area contributed by atoms with E-state index in [1.165, 1.54) is 0 Å². The summed E-state index contributed by atoms with van der Waals surface area (Å²) in [4.78, 5) is 70.8. The van der Waals surface area contributed by atoms with Gasteiger partial charge in [-0.3, -0.25) is 28.8 Å². The van der Waals surface area contributed by atoms with Gasteiger partial charge in [0, 0.05) is 46.5 Å². The number of ketones is 6. The molecule has 0 radical (unpaired) electrons. The molecule has 8 nitrogen and oxygen atoms in total. The maximum absolute atomic E-state index is 11.8. The van der Waals surface area contributed by atoms with Crippen LogP contribution in [0.3, 0.4) is 0 Å². The quantitative estimate of drug-likeness (QED) is 0.0969. The molecule has 1 aliphatic rings. The molecule has 1 N–H and O–H groups in total. The van der Waals surface area contributed by atoms with Gasteiger partial charge < -0.3 is 10.1 Å². The van der Waals surface area contributed by atoms with Gasteiger partial charge in [0.1, 0.15) is 0 Å². The molecular weight excluding hydrogens is 715 g/mol. The highest BCUT2D eigenvalue weighted by Gasteiger charge is 2.15. The maximum Gasteiger partial charge on any atom is 0.170 e. The molecule has 8 heteroatoms. The van der Waals surface area contributed by atoms with E-state index in [0.29, 0.717) is 33.4 Å². The summed E-state index contributed by atoms with van der Waals surface area (Å²) in [6, 6.07) is 53.2. The molecule has 0 saturated carbocycles. The van der Waals surface area contributed by atoms with E-state index in [9.17, 15) is 28.8 Å². The molecule has 0 spiro atoms. The number of carbonyl (C=O) groups is 6. The van der Waals surface area contributed by atoms with Crippen molar-refractivity contribution in [2.24, 2.45) is 0 Å². The van der Waals surface area contributed by atoms with E-state index in [0.717, 1.165) is 26.3 Å². The number of carbonyl (C=O) groups excluding carboxylic acids is 6. The third kappa shape index (κ3) is 15.9. The zero-order valence-electron chi connectivity index (χ0n) is 31.6. The molecule has 57 heavy (non-hydrogen) atoms. The summed E-state index contributed by atoms with van der Waals surface area (Å²) in [7, 11) is 0. The minimum atomic E-state index is -0.139. The van der Waals surface area contributed by atoms with Crippen molar-refractivity contribution in [1.82, 2.24) is 5.32 Å². The molecule has 0 atom stereocenters. The number of ether oxygens (including phenoxy) is 1. The lowest BCUT2D eigenvalue weighted by molar-refractivity contribution is 0.0878. The molecule has 6 aromatic rings. The molecule has 0 unspecified atom stereocenters. The highest BCUT2D eigenvalue weighted by atomic mass is 16.5. The third-order valence-corrected chi connectivity index (χ3v) is 8.38. The molecule has 1 saturated heterocycles. The van der Waals surface area contributed by atoms with Crippen molar-refractivity contribution < 1.29 is 33.5 Å². The lowest BCUT2D eigenvalue weighted by Gasteiger charge is -2.10. The normalized spacial score (nSPS) is 11.4. The molecule has 288 valence electrons. The van der Waals surface area contributed by atoms with Gasteiger partial charge in [0.25, 0.3) is 0 Å². The number of morpholine rings is 1. The fourth-order valence-electron chi connectivity index (χ4n) is 5.31. The van der Waals surface area contributed by atoms with Gasteiger partial charge in [-0.05, 0) is 0 Å². The van der Waals surface area contributed by atoms with Crippen molar-refractivity contribution in [1.29, 1.82) is 0 Å². The highest BCUT2D eigenvalue weighted by Crippen LogP contribution is 2.11. The Morgan fingerprint density at radius 2 is 0.491 bits per heavy atom. The lowest BCUT2D eigenvalue weighted by Crippen LogP contribution is -2.30. The average molecular weight is 760 g/mol. The van der Waals surface area contributed by atoms with Gasteiger partial charge in [-0.2, -0.15) is 0 Å². The van der Waals surface area contributed by atoms with Gasteiger partial charge in [-0.15, -0.1) is 0 Å². The van der Waals surface area contributed by atoms with E-state index < -0.39 is 0 Å². The van der Waals surface area contributed by atoms with Crippen LogP contribution >= 0.6 is 0 Å². The number of benzene rings is 6. The Morgan fingerprint density at radius 1 is 0.316 bits per heavy atom. The minimum Gasteiger partial charge on any atom is -0.379 e. The van der Waals surface area contributed by atoms with Crippen molar-refractivity contribution >= 4 is 34.7 Å². The van der Waals surface area contributed by atoms with Crippen LogP contribution in [0.25, 0.3) is 0 Å². The fraction of sp³-hybridized carbons (Fsp3) is 0.143. The van der Waals surface area contributed by atoms with E-state index >= 15 is 0 Å². The maximum atomic E-state index is 11.8. The number of hydrogen-bond acceptors (Lipinski definition) is 8. The Morgan fingerprint density at radius 3 is 0.614 bits per heavy atom. The van der Waals surface area contributed by atoms with Gasteiger partial charge in [-0.1, -0.05) is 182 Å². The summed E-state index contributed by atoms with van der Waals surface area (Å²) in [5, 5.41) is 3.16. The second-order valence-electron chi connectivity index (χ2n) is 12.6. The molecule has 0 amide bonds. The zero-order chi connectivity index (χ0) is 40.5. The van der Waals surface area contributed by atoms with Crippen LogP contribution in [0.2, 0.25) is 0 Å². The Labute approximate surface area is 333 Å². The van der Waals surface area contributed by atoms with Gasteiger partial charge >= 0.3 is 0 Å². The van der Waals surface area contributed by atoms with Crippen LogP contribution in [0.5, 0.6) is 0 Å². The molecule has 7 rings (SSSR count). The number of rotatable bonds is 12. The molecule has 0 aromatic heterocycles. The lowest BCUT2D eigenvalue weighted by atomic mass is 10.0. The van der Waals surface area contributed by atoms with E-state index in [1.54, 1.807) is 146 Å². The molecule has 6 aromatic carbocycles. The first kappa shape index (κ1) is 43.0. The second kappa shape index (κ2) is 24.6. The summed E-state index contributed by atoms with van der Waals surface area (Å²) in [6.07, 6.45) is -0.226. The standard InChI is InChI=1S/3C15H12O2.C4H9NO/c3*16-14(12-7-3-1-4-8-12)11-15(17)13-9-5-2-6-10-13;1-3-6-4-2-5-1/h3*1-10H,11H2;5H,1-4H2. The van der Waals surface area contributed by atoms with Crippen LogP contribution in [0.15, 0.2) is 182 Å². The molecule has 1 heterocycles. The van der Waals surface area contributed by atoms with E-state index in [-0.39, 0.29) is 54.0 Å². The molecular formula is C49H45NO7. The topological polar surface area (TPSA) is 124 Å². The summed E-state index contributed by atoms with van der Waals surface area (Å²) in [5.74, 6) is -0.836. The molecule has 0 bridgehead atoms. The van der Waals surface area contributed by atoms with E-state index in [4.69, 9.17) is 4.74 Å². The van der Waals surface area contributed by atoms with Crippen molar-refractivity contribution in [3.8, 4) is 0 Å². The first-order valence-electron chi connectivity index (χ1n) is 18.6. The van der Waals surface area contributed by atoms with Crippen molar-refractivity contribution in [2.75, 3.05) is 26.3 Å². The van der Waals surface area contributed by atoms with Crippen LogP contribution in [0.4, 0.5) is 0 Å². The van der Waals surface area contributed by atoms with Gasteiger partial charge in [0.2, 0.25) is 0 Å². The number of hydrogen-bond donors (Lipinski definition) is 1. The largest absolute Gasteiger partial charge is 0.379 e. The van der Waals surface area contributed by atoms with Crippen LogP contribution in [-0.4, -0.2) is 61.0 Å². The van der Waals surface area contributed by atoms with Gasteiger partial charge in [0.05, 0.1) is 32.5 Å².